The average molecular weight is 248 g/mol. The Morgan fingerprint density at radius 3 is 2.22 bits per heavy atom. The third-order valence-corrected chi connectivity index (χ3v) is 3.19. The fourth-order valence-electron chi connectivity index (χ4n) is 2.11. The van der Waals surface area contributed by atoms with E-state index in [4.69, 9.17) is 5.73 Å². The van der Waals surface area contributed by atoms with Gasteiger partial charge in [0.25, 0.3) is 0 Å². The van der Waals surface area contributed by atoms with E-state index in [9.17, 15) is 0 Å². The number of likely N-dealkylation sites (N-methyl/N-ethyl adjacent to an activating group) is 1. The summed E-state index contributed by atoms with van der Waals surface area (Å²) >= 11 is 0. The van der Waals surface area contributed by atoms with E-state index in [0.717, 1.165) is 38.4 Å². The molecule has 1 rings (SSSR count). The predicted molar refractivity (Wildman–Crippen MR) is 79.9 cm³/mol. The Hall–Kier alpha value is -0.860. The topological polar surface area (TPSA) is 29.3 Å². The summed E-state index contributed by atoms with van der Waals surface area (Å²) in [7, 11) is 2.17. The molecule has 0 radical (unpaired) electrons. The molecule has 0 spiro atoms. The van der Waals surface area contributed by atoms with Crippen LogP contribution in [0.15, 0.2) is 24.3 Å². The van der Waals surface area contributed by atoms with Crippen LogP contribution in [0, 0.1) is 5.92 Å². The van der Waals surface area contributed by atoms with Crippen molar-refractivity contribution in [3.63, 3.8) is 0 Å². The van der Waals surface area contributed by atoms with Crippen LogP contribution in [-0.4, -0.2) is 31.6 Å². The van der Waals surface area contributed by atoms with Gasteiger partial charge in [-0.2, -0.15) is 0 Å². The Labute approximate surface area is 112 Å². The summed E-state index contributed by atoms with van der Waals surface area (Å²) in [5.41, 5.74) is 8.40. The lowest BCUT2D eigenvalue weighted by Gasteiger charge is -2.16. The highest BCUT2D eigenvalue weighted by molar-refractivity contribution is 5.23. The van der Waals surface area contributed by atoms with Crippen LogP contribution in [0.3, 0.4) is 0 Å². The summed E-state index contributed by atoms with van der Waals surface area (Å²) in [5.74, 6) is 0.734. The molecule has 102 valence electrons. The number of nitrogens with zero attached hydrogens (tertiary/aromatic N) is 1. The van der Waals surface area contributed by atoms with E-state index in [1.807, 2.05) is 0 Å². The molecule has 0 unspecified atom stereocenters. The molecular weight excluding hydrogens is 220 g/mol. The maximum atomic E-state index is 5.51. The SMILES string of the molecule is CC(C)Cc1ccc(CCN(C)CCCN)cc1. The molecule has 0 aromatic heterocycles. The van der Waals surface area contributed by atoms with Crippen molar-refractivity contribution >= 4 is 0 Å². The van der Waals surface area contributed by atoms with Crippen LogP contribution in [0.2, 0.25) is 0 Å². The van der Waals surface area contributed by atoms with Gasteiger partial charge in [0, 0.05) is 6.54 Å². The third kappa shape index (κ3) is 6.18. The molecule has 2 nitrogen and oxygen atoms in total. The van der Waals surface area contributed by atoms with Gasteiger partial charge in [-0.3, -0.25) is 0 Å². The molecule has 0 aliphatic heterocycles. The number of hydrogen-bond donors (Lipinski definition) is 1. The zero-order valence-electron chi connectivity index (χ0n) is 12.2. The lowest BCUT2D eigenvalue weighted by Crippen LogP contribution is -2.24. The first-order valence-corrected chi connectivity index (χ1v) is 7.08. The Bertz CT molecular complexity index is 316. The lowest BCUT2D eigenvalue weighted by molar-refractivity contribution is 0.335. The molecule has 0 atom stereocenters. The van der Waals surface area contributed by atoms with Gasteiger partial charge >= 0.3 is 0 Å². The summed E-state index contributed by atoms with van der Waals surface area (Å²) in [6.45, 7) is 7.53. The molecule has 2 N–H and O–H groups in total. The number of hydrogen-bond acceptors (Lipinski definition) is 2. The van der Waals surface area contributed by atoms with Crippen molar-refractivity contribution in [1.29, 1.82) is 0 Å². The Morgan fingerprint density at radius 1 is 1.06 bits per heavy atom. The maximum Gasteiger partial charge on any atom is 0.00188 e. The molecule has 1 aromatic rings. The van der Waals surface area contributed by atoms with Crippen LogP contribution in [0.5, 0.6) is 0 Å². The number of nitrogens with two attached hydrogens (primary N) is 1. The minimum absolute atomic E-state index is 0.734. The first-order valence-electron chi connectivity index (χ1n) is 7.08. The second-order valence-electron chi connectivity index (χ2n) is 5.61. The smallest absolute Gasteiger partial charge is 0.00188 e. The molecule has 0 aliphatic rings. The summed E-state index contributed by atoms with van der Waals surface area (Å²) in [6, 6.07) is 9.09. The van der Waals surface area contributed by atoms with E-state index in [1.54, 1.807) is 0 Å². The van der Waals surface area contributed by atoms with Gasteiger partial charge < -0.3 is 10.6 Å². The standard InChI is InChI=1S/C16H28N2/c1-14(2)13-16-7-5-15(6-8-16)9-12-18(3)11-4-10-17/h5-8,14H,4,9-13,17H2,1-3H3. The Kier molecular flexibility index (Phi) is 6.99. The second-order valence-corrected chi connectivity index (χ2v) is 5.61. The van der Waals surface area contributed by atoms with E-state index < -0.39 is 0 Å². The molecule has 1 aromatic carbocycles. The highest BCUT2D eigenvalue weighted by Crippen LogP contribution is 2.10. The highest BCUT2D eigenvalue weighted by atomic mass is 15.1. The average Bonchev–Trinajstić information content (AvgIpc) is 2.35. The molecule has 18 heavy (non-hydrogen) atoms. The van der Waals surface area contributed by atoms with Gasteiger partial charge in [-0.1, -0.05) is 38.1 Å². The first kappa shape index (κ1) is 15.2. The van der Waals surface area contributed by atoms with Gasteiger partial charge in [0.1, 0.15) is 0 Å². The minimum Gasteiger partial charge on any atom is -0.330 e. The van der Waals surface area contributed by atoms with Crippen molar-refractivity contribution in [2.45, 2.75) is 33.1 Å². The van der Waals surface area contributed by atoms with Crippen molar-refractivity contribution in [2.75, 3.05) is 26.7 Å². The lowest BCUT2D eigenvalue weighted by atomic mass is 10.0. The van der Waals surface area contributed by atoms with Crippen molar-refractivity contribution in [2.24, 2.45) is 11.7 Å². The van der Waals surface area contributed by atoms with E-state index in [1.165, 1.54) is 17.5 Å². The van der Waals surface area contributed by atoms with E-state index in [2.05, 4.69) is 50.1 Å². The van der Waals surface area contributed by atoms with E-state index >= 15 is 0 Å². The molecule has 0 amide bonds. The largest absolute Gasteiger partial charge is 0.330 e. The molecule has 0 saturated heterocycles. The van der Waals surface area contributed by atoms with Crippen molar-refractivity contribution in [3.05, 3.63) is 35.4 Å². The number of rotatable bonds is 8. The Morgan fingerprint density at radius 2 is 1.67 bits per heavy atom. The van der Waals surface area contributed by atoms with Crippen molar-refractivity contribution in [1.82, 2.24) is 4.90 Å². The zero-order valence-corrected chi connectivity index (χ0v) is 12.2. The molecule has 0 saturated carbocycles. The summed E-state index contributed by atoms with van der Waals surface area (Å²) in [4.78, 5) is 2.36. The molecular formula is C16H28N2. The van der Waals surface area contributed by atoms with Crippen molar-refractivity contribution < 1.29 is 0 Å². The van der Waals surface area contributed by atoms with Crippen LogP contribution in [0.4, 0.5) is 0 Å². The van der Waals surface area contributed by atoms with E-state index in [0.29, 0.717) is 0 Å². The fraction of sp³-hybridized carbons (Fsp3) is 0.625. The zero-order chi connectivity index (χ0) is 13.4. The second kappa shape index (κ2) is 8.28. The first-order chi connectivity index (χ1) is 8.61. The molecule has 0 bridgehead atoms. The molecule has 0 aliphatic carbocycles. The minimum atomic E-state index is 0.734. The van der Waals surface area contributed by atoms with Gasteiger partial charge in [-0.05, 0) is 56.4 Å². The van der Waals surface area contributed by atoms with Crippen LogP contribution >= 0.6 is 0 Å². The quantitative estimate of drug-likeness (QED) is 0.766. The summed E-state index contributed by atoms with van der Waals surface area (Å²) < 4.78 is 0. The van der Waals surface area contributed by atoms with Gasteiger partial charge in [0.15, 0.2) is 0 Å². The van der Waals surface area contributed by atoms with Crippen LogP contribution < -0.4 is 5.73 Å². The Balaban J connectivity index is 2.34. The normalized spacial score (nSPS) is 11.4. The molecule has 0 fully saturated rings. The molecule has 2 heteroatoms. The monoisotopic (exact) mass is 248 g/mol. The fourth-order valence-corrected chi connectivity index (χ4v) is 2.11. The molecule has 0 heterocycles. The predicted octanol–water partition coefficient (Wildman–Crippen LogP) is 2.71. The van der Waals surface area contributed by atoms with Gasteiger partial charge in [0.05, 0.1) is 0 Å². The summed E-state index contributed by atoms with van der Waals surface area (Å²) in [5, 5.41) is 0. The van der Waals surface area contributed by atoms with Crippen LogP contribution in [-0.2, 0) is 12.8 Å². The maximum absolute atomic E-state index is 5.51. The van der Waals surface area contributed by atoms with Gasteiger partial charge in [-0.15, -0.1) is 0 Å². The van der Waals surface area contributed by atoms with Gasteiger partial charge in [-0.25, -0.2) is 0 Å². The number of benzene rings is 1. The highest BCUT2D eigenvalue weighted by Gasteiger charge is 2.01. The third-order valence-electron chi connectivity index (χ3n) is 3.19. The van der Waals surface area contributed by atoms with Gasteiger partial charge in [0.2, 0.25) is 0 Å². The summed E-state index contributed by atoms with van der Waals surface area (Å²) in [6.07, 6.45) is 3.39. The van der Waals surface area contributed by atoms with E-state index in [-0.39, 0.29) is 0 Å². The van der Waals surface area contributed by atoms with Crippen LogP contribution in [0.1, 0.15) is 31.4 Å². The van der Waals surface area contributed by atoms with Crippen LogP contribution in [0.25, 0.3) is 0 Å². The van der Waals surface area contributed by atoms with Crippen molar-refractivity contribution in [3.8, 4) is 0 Å².